The number of amides is 1. The second kappa shape index (κ2) is 5.92. The fourth-order valence-electron chi connectivity index (χ4n) is 4.32. The van der Waals surface area contributed by atoms with E-state index in [-0.39, 0.29) is 17.8 Å². The van der Waals surface area contributed by atoms with Gasteiger partial charge in [0.1, 0.15) is 0 Å². The molecule has 0 saturated heterocycles. The van der Waals surface area contributed by atoms with Gasteiger partial charge in [-0.25, -0.2) is 0 Å². The van der Waals surface area contributed by atoms with Gasteiger partial charge in [0.25, 0.3) is 5.91 Å². The smallest absolute Gasteiger partial charge is 0.251 e. The number of aryl methyl sites for hydroxylation is 2. The Morgan fingerprint density at radius 3 is 2.58 bits per heavy atom. The van der Waals surface area contributed by atoms with Crippen LogP contribution in [0.15, 0.2) is 11.8 Å². The number of carbonyl (C=O) groups excluding carboxylic acids is 1. The normalized spacial score (nSPS) is 27.0. The van der Waals surface area contributed by atoms with Gasteiger partial charge >= 0.3 is 0 Å². The molecular weight excluding hydrogens is 302 g/mol. The van der Waals surface area contributed by atoms with Crippen molar-refractivity contribution in [3.8, 4) is 0 Å². The number of carbonyl (C=O) groups is 1. The summed E-state index contributed by atoms with van der Waals surface area (Å²) in [6.45, 7) is 8.09. The highest BCUT2D eigenvalue weighted by Crippen LogP contribution is 2.42. The monoisotopic (exact) mass is 328 g/mol. The molecule has 130 valence electrons. The molecule has 1 fully saturated rings. The second-order valence-electron chi connectivity index (χ2n) is 7.33. The Labute approximate surface area is 143 Å². The van der Waals surface area contributed by atoms with Crippen molar-refractivity contribution in [2.45, 2.75) is 65.0 Å². The lowest BCUT2D eigenvalue weighted by Crippen LogP contribution is -2.52. The molecule has 1 aromatic carbocycles. The van der Waals surface area contributed by atoms with Gasteiger partial charge in [-0.2, -0.15) is 0 Å². The minimum Gasteiger partial charge on any atom is -0.873 e. The van der Waals surface area contributed by atoms with Crippen LogP contribution in [0, 0.1) is 27.7 Å². The first kappa shape index (κ1) is 17.0. The topological polar surface area (TPSA) is 61.4 Å². The van der Waals surface area contributed by atoms with Crippen molar-refractivity contribution in [2.75, 3.05) is 7.11 Å². The van der Waals surface area contributed by atoms with Crippen LogP contribution in [0.1, 0.15) is 53.5 Å². The van der Waals surface area contributed by atoms with Crippen molar-refractivity contribution >= 4 is 11.5 Å². The predicted molar refractivity (Wildman–Crippen MR) is 92.4 cm³/mol. The van der Waals surface area contributed by atoms with E-state index < -0.39 is 5.54 Å². The molecule has 1 aromatic rings. The predicted octanol–water partition coefficient (Wildman–Crippen LogP) is 2.45. The Kier molecular flexibility index (Phi) is 4.20. The van der Waals surface area contributed by atoms with E-state index in [1.165, 1.54) is 5.56 Å². The number of hydrogen-bond acceptors (Lipinski definition) is 3. The molecule has 1 N–H and O–H groups in total. The third-order valence-corrected chi connectivity index (χ3v) is 5.89. The molecule has 1 aliphatic heterocycles. The number of benzene rings is 1. The average molecular weight is 328 g/mol. The molecule has 1 amide bonds. The van der Waals surface area contributed by atoms with Crippen molar-refractivity contribution in [1.29, 1.82) is 0 Å². The lowest BCUT2D eigenvalue weighted by molar-refractivity contribution is -0.318. The molecule has 4 nitrogen and oxygen atoms in total. The molecular formula is C20H26NO3-. The summed E-state index contributed by atoms with van der Waals surface area (Å²) in [5, 5.41) is 16.3. The van der Waals surface area contributed by atoms with Crippen LogP contribution < -0.4 is 10.4 Å². The van der Waals surface area contributed by atoms with Crippen molar-refractivity contribution in [1.82, 2.24) is 5.32 Å². The summed E-state index contributed by atoms with van der Waals surface area (Å²) in [6.07, 6.45) is 3.13. The van der Waals surface area contributed by atoms with Crippen LogP contribution in [0.3, 0.4) is 0 Å². The molecule has 0 aromatic heterocycles. The molecule has 2 unspecified atom stereocenters. The summed E-state index contributed by atoms with van der Waals surface area (Å²) in [4.78, 5) is 12.7. The summed E-state index contributed by atoms with van der Waals surface area (Å²) >= 11 is 0. The number of methoxy groups -OCH3 is 1. The number of nitrogens with one attached hydrogen (secondary N) is 1. The summed E-state index contributed by atoms with van der Waals surface area (Å²) < 4.78 is 5.47. The highest BCUT2D eigenvalue weighted by Gasteiger charge is 2.44. The van der Waals surface area contributed by atoms with Gasteiger partial charge in [0.15, 0.2) is 0 Å². The largest absolute Gasteiger partial charge is 0.873 e. The maximum Gasteiger partial charge on any atom is 0.251 e. The lowest BCUT2D eigenvalue weighted by atomic mass is 9.78. The third-order valence-electron chi connectivity index (χ3n) is 5.89. The molecule has 1 aliphatic carbocycles. The van der Waals surface area contributed by atoms with Gasteiger partial charge in [-0.3, -0.25) is 4.79 Å². The van der Waals surface area contributed by atoms with Crippen LogP contribution in [-0.2, 0) is 9.53 Å². The zero-order valence-corrected chi connectivity index (χ0v) is 15.2. The Balaban J connectivity index is 2.14. The van der Waals surface area contributed by atoms with Gasteiger partial charge in [-0.05, 0) is 81.2 Å². The molecule has 24 heavy (non-hydrogen) atoms. The average Bonchev–Trinajstić information content (AvgIpc) is 2.77. The van der Waals surface area contributed by atoms with Crippen molar-refractivity contribution < 1.29 is 14.6 Å². The first-order chi connectivity index (χ1) is 11.3. The Morgan fingerprint density at radius 1 is 1.21 bits per heavy atom. The van der Waals surface area contributed by atoms with Gasteiger partial charge in [0.05, 0.1) is 11.6 Å². The van der Waals surface area contributed by atoms with E-state index in [2.05, 4.69) is 18.3 Å². The standard InChI is InChI=1S/C20H27NO3/c1-11-9-12(2)16(14(4)13(11)3)17-18(22)20(21-19(17)23)8-6-7-15(10-20)24-5/h9,15,22H,6-8,10H2,1-5H3,(H,21,23)/p-1. The molecule has 0 bridgehead atoms. The van der Waals surface area contributed by atoms with Crippen molar-refractivity contribution in [3.05, 3.63) is 39.6 Å². The van der Waals surface area contributed by atoms with Crippen molar-refractivity contribution in [2.24, 2.45) is 0 Å². The summed E-state index contributed by atoms with van der Waals surface area (Å²) in [5.74, 6) is -0.282. The Bertz CT molecular complexity index is 735. The number of ether oxygens (including phenoxy) is 1. The lowest BCUT2D eigenvalue weighted by Gasteiger charge is -2.42. The van der Waals surface area contributed by atoms with Gasteiger partial charge in [0.2, 0.25) is 0 Å². The Hall–Kier alpha value is -1.81. The summed E-state index contributed by atoms with van der Waals surface area (Å²) in [6, 6.07) is 2.06. The maximum absolute atomic E-state index is 13.3. The van der Waals surface area contributed by atoms with Crippen molar-refractivity contribution in [3.63, 3.8) is 0 Å². The zero-order chi connectivity index (χ0) is 17.6. The maximum atomic E-state index is 13.3. The minimum atomic E-state index is -0.775. The summed E-state index contributed by atoms with van der Waals surface area (Å²) in [7, 11) is 1.67. The fourth-order valence-corrected chi connectivity index (χ4v) is 4.32. The molecule has 3 rings (SSSR count). The van der Waals surface area contributed by atoms with Gasteiger partial charge in [0, 0.05) is 12.7 Å². The molecule has 1 spiro atoms. The SMILES string of the molecule is COC1CCCC2(C1)NC(=O)C(c1c(C)cc(C)c(C)c1C)=C2[O-]. The van der Waals surface area contributed by atoms with Gasteiger partial charge in [-0.15, -0.1) is 0 Å². The van der Waals surface area contributed by atoms with E-state index in [9.17, 15) is 9.90 Å². The molecule has 2 atom stereocenters. The quantitative estimate of drug-likeness (QED) is 0.907. The zero-order valence-electron chi connectivity index (χ0n) is 15.2. The third kappa shape index (κ3) is 2.44. The molecule has 4 heteroatoms. The minimum absolute atomic E-state index is 0.0318. The van der Waals surface area contributed by atoms with Crippen LogP contribution in [0.2, 0.25) is 0 Å². The van der Waals surface area contributed by atoms with E-state index in [4.69, 9.17) is 4.74 Å². The second-order valence-corrected chi connectivity index (χ2v) is 7.33. The van der Waals surface area contributed by atoms with Crippen LogP contribution in [-0.4, -0.2) is 24.7 Å². The van der Waals surface area contributed by atoms with E-state index >= 15 is 0 Å². The summed E-state index contributed by atoms with van der Waals surface area (Å²) in [5.41, 5.74) is 4.73. The van der Waals surface area contributed by atoms with Gasteiger partial charge < -0.3 is 15.2 Å². The first-order valence-electron chi connectivity index (χ1n) is 8.65. The number of hydrogen-bond donors (Lipinski definition) is 1. The van der Waals surface area contributed by atoms with Crippen LogP contribution in [0.4, 0.5) is 0 Å². The molecule has 2 aliphatic rings. The highest BCUT2D eigenvalue weighted by molar-refractivity contribution is 6.23. The van der Waals surface area contributed by atoms with E-state index in [1.807, 2.05) is 20.8 Å². The molecule has 1 heterocycles. The first-order valence-corrected chi connectivity index (χ1v) is 8.65. The number of rotatable bonds is 2. The van der Waals surface area contributed by atoms with E-state index in [0.717, 1.165) is 35.1 Å². The fraction of sp³-hybridized carbons (Fsp3) is 0.550. The Morgan fingerprint density at radius 2 is 1.92 bits per heavy atom. The van der Waals surface area contributed by atoms with Crippen LogP contribution >= 0.6 is 0 Å². The van der Waals surface area contributed by atoms with E-state index in [0.29, 0.717) is 18.4 Å². The van der Waals surface area contributed by atoms with Crippen LogP contribution in [0.5, 0.6) is 0 Å². The van der Waals surface area contributed by atoms with Crippen LogP contribution in [0.25, 0.3) is 5.57 Å². The molecule has 0 radical (unpaired) electrons. The van der Waals surface area contributed by atoms with E-state index in [1.54, 1.807) is 7.11 Å². The molecule has 1 saturated carbocycles. The highest BCUT2D eigenvalue weighted by atomic mass is 16.5. The van der Waals surface area contributed by atoms with Gasteiger partial charge in [-0.1, -0.05) is 11.8 Å².